The van der Waals surface area contributed by atoms with Gasteiger partial charge in [0.05, 0.1) is 24.3 Å². The lowest BCUT2D eigenvalue weighted by molar-refractivity contribution is 0.122. The maximum Gasteiger partial charge on any atom is 0.165 e. The molecule has 0 atom stereocenters. The zero-order valence-corrected chi connectivity index (χ0v) is 17.6. The van der Waals surface area contributed by atoms with Gasteiger partial charge < -0.3 is 15.4 Å². The lowest BCUT2D eigenvalue weighted by atomic mass is 10.0. The van der Waals surface area contributed by atoms with Crippen molar-refractivity contribution in [3.8, 4) is 22.5 Å². The van der Waals surface area contributed by atoms with Crippen molar-refractivity contribution >= 4 is 38.6 Å². The molecule has 5 rings (SSSR count). The van der Waals surface area contributed by atoms with Crippen molar-refractivity contribution in [2.45, 2.75) is 0 Å². The van der Waals surface area contributed by atoms with Crippen LogP contribution in [0, 0.1) is 0 Å². The maximum absolute atomic E-state index is 6.18. The molecule has 2 N–H and O–H groups in total. The standard InChI is InChI=1S/C21H18BrN7O/c22-14-3-1-2-13(10-14)15-11-17(26-21-19(15)20(23)24-12-25-21)16-4-5-18(28-27-16)29-6-8-30-9-7-29/h1-5,10-12H,6-9H2,(H2,23,24,25,26). The van der Waals surface area contributed by atoms with Gasteiger partial charge in [-0.1, -0.05) is 28.1 Å². The second-order valence-electron chi connectivity index (χ2n) is 6.90. The molecule has 9 heteroatoms. The monoisotopic (exact) mass is 463 g/mol. The van der Waals surface area contributed by atoms with Crippen LogP contribution in [0.5, 0.6) is 0 Å². The highest BCUT2D eigenvalue weighted by atomic mass is 79.9. The molecule has 0 spiro atoms. The van der Waals surface area contributed by atoms with E-state index >= 15 is 0 Å². The van der Waals surface area contributed by atoms with E-state index in [2.05, 4.69) is 46.0 Å². The van der Waals surface area contributed by atoms with Crippen LogP contribution in [-0.2, 0) is 4.74 Å². The summed E-state index contributed by atoms with van der Waals surface area (Å²) in [6, 6.07) is 13.9. The van der Waals surface area contributed by atoms with E-state index < -0.39 is 0 Å². The maximum atomic E-state index is 6.18. The van der Waals surface area contributed by atoms with Crippen molar-refractivity contribution in [3.05, 3.63) is 53.3 Å². The Labute approximate surface area is 181 Å². The van der Waals surface area contributed by atoms with E-state index in [-0.39, 0.29) is 0 Å². The number of hydrogen-bond acceptors (Lipinski definition) is 8. The fraction of sp³-hybridized carbons (Fsp3) is 0.190. The summed E-state index contributed by atoms with van der Waals surface area (Å²) in [4.78, 5) is 15.3. The molecule has 30 heavy (non-hydrogen) atoms. The lowest BCUT2D eigenvalue weighted by Gasteiger charge is -2.27. The normalized spacial score (nSPS) is 14.2. The van der Waals surface area contributed by atoms with Crippen LogP contribution in [0.25, 0.3) is 33.5 Å². The first kappa shape index (κ1) is 18.8. The first-order valence-corrected chi connectivity index (χ1v) is 10.3. The third-order valence-electron chi connectivity index (χ3n) is 5.02. The Kier molecular flexibility index (Phi) is 4.97. The van der Waals surface area contributed by atoms with Crippen LogP contribution in [0.3, 0.4) is 0 Å². The fourth-order valence-electron chi connectivity index (χ4n) is 3.53. The Hall–Kier alpha value is -3.17. The predicted octanol–water partition coefficient (Wildman–Crippen LogP) is 3.33. The number of halogens is 1. The van der Waals surface area contributed by atoms with Crippen molar-refractivity contribution in [3.63, 3.8) is 0 Å². The number of rotatable bonds is 3. The number of anilines is 2. The smallest absolute Gasteiger partial charge is 0.165 e. The zero-order valence-electron chi connectivity index (χ0n) is 16.0. The van der Waals surface area contributed by atoms with Crippen molar-refractivity contribution < 1.29 is 4.74 Å². The molecule has 4 heterocycles. The summed E-state index contributed by atoms with van der Waals surface area (Å²) in [6.45, 7) is 3.02. The largest absolute Gasteiger partial charge is 0.383 e. The van der Waals surface area contributed by atoms with E-state index in [9.17, 15) is 0 Å². The Balaban J connectivity index is 1.61. The summed E-state index contributed by atoms with van der Waals surface area (Å²) in [5.74, 6) is 1.23. The van der Waals surface area contributed by atoms with Crippen LogP contribution in [0.2, 0.25) is 0 Å². The number of pyridine rings is 1. The summed E-state index contributed by atoms with van der Waals surface area (Å²) in [5, 5.41) is 9.55. The number of ether oxygens (including phenoxy) is 1. The number of benzene rings is 1. The predicted molar refractivity (Wildman–Crippen MR) is 119 cm³/mol. The van der Waals surface area contributed by atoms with E-state index in [1.54, 1.807) is 0 Å². The Morgan fingerprint density at radius 3 is 2.60 bits per heavy atom. The highest BCUT2D eigenvalue weighted by Crippen LogP contribution is 2.34. The molecule has 1 saturated heterocycles. The molecule has 0 bridgehead atoms. The fourth-order valence-corrected chi connectivity index (χ4v) is 3.92. The summed E-state index contributed by atoms with van der Waals surface area (Å²) in [7, 11) is 0. The molecule has 3 aromatic heterocycles. The molecule has 8 nitrogen and oxygen atoms in total. The molecule has 0 saturated carbocycles. The van der Waals surface area contributed by atoms with Crippen molar-refractivity contribution in [2.24, 2.45) is 0 Å². The Bertz CT molecular complexity index is 1210. The van der Waals surface area contributed by atoms with Crippen molar-refractivity contribution in [1.82, 2.24) is 25.1 Å². The number of nitrogen functional groups attached to an aromatic ring is 1. The minimum absolute atomic E-state index is 0.391. The molecule has 1 fully saturated rings. The number of fused-ring (bicyclic) bond motifs is 1. The van der Waals surface area contributed by atoms with E-state index in [4.69, 9.17) is 10.5 Å². The number of nitrogens with zero attached hydrogens (tertiary/aromatic N) is 6. The second-order valence-corrected chi connectivity index (χ2v) is 7.81. The molecule has 1 aliphatic rings. The highest BCUT2D eigenvalue weighted by Gasteiger charge is 2.16. The number of morpholine rings is 1. The van der Waals surface area contributed by atoms with E-state index in [1.165, 1.54) is 6.33 Å². The molecule has 1 aliphatic heterocycles. The van der Waals surface area contributed by atoms with Gasteiger partial charge in [-0.2, -0.15) is 0 Å². The topological polar surface area (TPSA) is 103 Å². The average molecular weight is 464 g/mol. The quantitative estimate of drug-likeness (QED) is 0.493. The SMILES string of the molecule is Nc1ncnc2nc(-c3ccc(N4CCOCC4)nn3)cc(-c3cccc(Br)c3)c12. The van der Waals surface area contributed by atoms with Crippen LogP contribution in [0.15, 0.2) is 53.3 Å². The first-order chi connectivity index (χ1) is 14.7. The lowest BCUT2D eigenvalue weighted by Crippen LogP contribution is -2.36. The van der Waals surface area contributed by atoms with Gasteiger partial charge >= 0.3 is 0 Å². The van der Waals surface area contributed by atoms with Crippen LogP contribution in [-0.4, -0.2) is 51.5 Å². The van der Waals surface area contributed by atoms with Gasteiger partial charge in [-0.05, 0) is 41.5 Å². The minimum atomic E-state index is 0.391. The molecule has 1 aromatic carbocycles. The van der Waals surface area contributed by atoms with Gasteiger partial charge in [0.2, 0.25) is 0 Å². The molecule has 0 aliphatic carbocycles. The number of aromatic nitrogens is 5. The van der Waals surface area contributed by atoms with Crippen LogP contribution in [0.4, 0.5) is 11.6 Å². The summed E-state index contributed by atoms with van der Waals surface area (Å²) >= 11 is 3.54. The summed E-state index contributed by atoms with van der Waals surface area (Å²) in [6.07, 6.45) is 1.42. The molecular weight excluding hydrogens is 446 g/mol. The van der Waals surface area contributed by atoms with Crippen LogP contribution >= 0.6 is 15.9 Å². The molecule has 150 valence electrons. The average Bonchev–Trinajstić information content (AvgIpc) is 2.79. The molecular formula is C21H18BrN7O. The van der Waals surface area contributed by atoms with E-state index in [0.717, 1.165) is 39.9 Å². The van der Waals surface area contributed by atoms with Gasteiger partial charge in [0, 0.05) is 17.6 Å². The van der Waals surface area contributed by atoms with Gasteiger partial charge in [0.25, 0.3) is 0 Å². The molecule has 0 radical (unpaired) electrons. The minimum Gasteiger partial charge on any atom is -0.383 e. The molecule has 4 aromatic rings. The van der Waals surface area contributed by atoms with Crippen molar-refractivity contribution in [1.29, 1.82) is 0 Å². The highest BCUT2D eigenvalue weighted by molar-refractivity contribution is 9.10. The van der Waals surface area contributed by atoms with E-state index in [1.807, 2.05) is 42.5 Å². The van der Waals surface area contributed by atoms with Gasteiger partial charge in [-0.25, -0.2) is 15.0 Å². The van der Waals surface area contributed by atoms with Gasteiger partial charge in [-0.3, -0.25) is 0 Å². The van der Waals surface area contributed by atoms with Crippen molar-refractivity contribution in [2.75, 3.05) is 36.9 Å². The number of hydrogen-bond donors (Lipinski definition) is 1. The van der Waals surface area contributed by atoms with Gasteiger partial charge in [-0.15, -0.1) is 10.2 Å². The van der Waals surface area contributed by atoms with E-state index in [0.29, 0.717) is 36.1 Å². The Morgan fingerprint density at radius 2 is 1.83 bits per heavy atom. The van der Waals surface area contributed by atoms with Gasteiger partial charge in [0.1, 0.15) is 17.8 Å². The van der Waals surface area contributed by atoms with Gasteiger partial charge in [0.15, 0.2) is 11.5 Å². The third kappa shape index (κ3) is 3.57. The third-order valence-corrected chi connectivity index (χ3v) is 5.51. The summed E-state index contributed by atoms with van der Waals surface area (Å²) < 4.78 is 6.37. The van der Waals surface area contributed by atoms with Crippen LogP contribution < -0.4 is 10.6 Å². The second kappa shape index (κ2) is 7.92. The zero-order chi connectivity index (χ0) is 20.5. The molecule has 0 unspecified atom stereocenters. The summed E-state index contributed by atoms with van der Waals surface area (Å²) in [5.41, 5.74) is 9.93. The molecule has 0 amide bonds. The van der Waals surface area contributed by atoms with Crippen LogP contribution in [0.1, 0.15) is 0 Å². The Morgan fingerprint density at radius 1 is 0.967 bits per heavy atom. The first-order valence-electron chi connectivity index (χ1n) is 9.53. The number of nitrogens with two attached hydrogens (primary N) is 1.